The Kier molecular flexibility index (Phi) is 12.0. The van der Waals surface area contributed by atoms with E-state index < -0.39 is 17.3 Å². The number of carbonyl (C=O) groups is 2. The van der Waals surface area contributed by atoms with E-state index >= 15 is 0 Å². The molecule has 1 saturated heterocycles. The number of rotatable bonds is 9. The van der Waals surface area contributed by atoms with E-state index in [1.807, 2.05) is 42.1 Å². The minimum Gasteiger partial charge on any atom is -0.480 e. The third-order valence-electron chi connectivity index (χ3n) is 8.99. The molecule has 14 heteroatoms. The predicted octanol–water partition coefficient (Wildman–Crippen LogP) is 5.54. The van der Waals surface area contributed by atoms with Crippen LogP contribution in [0.1, 0.15) is 36.2 Å². The van der Waals surface area contributed by atoms with Crippen LogP contribution in [0.4, 0.5) is 20.6 Å². The number of benzene rings is 3. The van der Waals surface area contributed by atoms with E-state index in [2.05, 4.69) is 53.5 Å². The van der Waals surface area contributed by atoms with E-state index in [0.717, 1.165) is 57.5 Å². The number of carboxylic acids is 1. The van der Waals surface area contributed by atoms with E-state index in [0.29, 0.717) is 43.8 Å². The number of aromatic nitrogens is 2. The van der Waals surface area contributed by atoms with E-state index in [1.54, 1.807) is 16.7 Å². The molecule has 11 nitrogen and oxygen atoms in total. The normalized spacial score (nSPS) is 16.4. The Morgan fingerprint density at radius 1 is 1.12 bits per heavy atom. The Morgan fingerprint density at radius 3 is 2.49 bits per heavy atom. The number of nitrogens with one attached hydrogen (secondary N) is 2. The van der Waals surface area contributed by atoms with E-state index in [-0.39, 0.29) is 18.3 Å². The predicted molar refractivity (Wildman–Crippen MR) is 198 cm³/mol. The van der Waals surface area contributed by atoms with Gasteiger partial charge in [-0.1, -0.05) is 18.2 Å². The SMILES string of the molecule is CN(C)CCCn1c([C@](N)(Cc2cc(Br)c(N)c(Br)c2)C(=O)O)nc2ccc(F)cc21.O=C1Nc2ccccc2CCN1C1CCNCC1. The maximum absolute atomic E-state index is 14.0. The third-order valence-corrected chi connectivity index (χ3v) is 10.3. The number of urea groups is 1. The molecule has 1 aromatic heterocycles. The molecule has 3 aromatic carbocycles. The highest BCUT2D eigenvalue weighted by Crippen LogP contribution is 2.34. The largest absolute Gasteiger partial charge is 0.480 e. The number of amides is 2. The molecule has 6 rings (SSSR count). The van der Waals surface area contributed by atoms with Gasteiger partial charge in [-0.3, -0.25) is 0 Å². The molecule has 0 spiro atoms. The standard InChI is InChI=1S/C21H24Br2FN5O2.C14H19N3O/c1-28(2)6-3-7-29-17-10-13(24)4-5-16(17)27-19(29)21(26,20(30)31)11-12-8-14(22)18(25)15(23)9-12;18-14-16-13-4-2-1-3-11(13)7-10-17(14)12-5-8-15-9-6-12/h4-5,8-10H,3,6-7,11,25-26H2,1-2H3,(H,30,31);1-4,12,15H,5-10H2,(H,16,18)/t21-;/m1./s1. The van der Waals surface area contributed by atoms with Crippen LogP contribution in [0.5, 0.6) is 0 Å². The number of para-hydroxylation sites is 1. The van der Waals surface area contributed by atoms with Gasteiger partial charge in [-0.25, -0.2) is 19.0 Å². The number of aliphatic carboxylic acids is 1. The molecular weight excluding hydrogens is 759 g/mol. The number of nitrogen functional groups attached to an aromatic ring is 1. The molecule has 1 atom stereocenters. The lowest BCUT2D eigenvalue weighted by atomic mass is 9.90. The van der Waals surface area contributed by atoms with Gasteiger partial charge in [0.15, 0.2) is 5.54 Å². The van der Waals surface area contributed by atoms with Gasteiger partial charge >= 0.3 is 12.0 Å². The summed E-state index contributed by atoms with van der Waals surface area (Å²) in [7, 11) is 3.90. The molecular formula is C35H43Br2FN8O3. The van der Waals surface area contributed by atoms with Crippen molar-refractivity contribution in [2.75, 3.05) is 51.3 Å². The molecule has 2 amide bonds. The third kappa shape index (κ3) is 8.61. The Labute approximate surface area is 302 Å². The summed E-state index contributed by atoms with van der Waals surface area (Å²) < 4.78 is 17.0. The number of fused-ring (bicyclic) bond motifs is 2. The van der Waals surface area contributed by atoms with E-state index in [4.69, 9.17) is 11.5 Å². The fraction of sp³-hybridized carbons (Fsp3) is 0.400. The number of imidazole rings is 1. The highest BCUT2D eigenvalue weighted by Gasteiger charge is 2.41. The van der Waals surface area contributed by atoms with Gasteiger partial charge in [0, 0.05) is 40.2 Å². The minimum atomic E-state index is -1.83. The van der Waals surface area contributed by atoms with Crippen molar-refractivity contribution in [2.24, 2.45) is 5.73 Å². The van der Waals surface area contributed by atoms with Crippen molar-refractivity contribution >= 4 is 66.3 Å². The summed E-state index contributed by atoms with van der Waals surface area (Å²) in [6.45, 7) is 4.09. The zero-order valence-electron chi connectivity index (χ0n) is 27.7. The molecule has 0 bridgehead atoms. The maximum Gasteiger partial charge on any atom is 0.331 e. The van der Waals surface area contributed by atoms with Gasteiger partial charge in [0.2, 0.25) is 0 Å². The molecule has 4 aromatic rings. The first-order chi connectivity index (χ1) is 23.4. The van der Waals surface area contributed by atoms with Crippen LogP contribution >= 0.6 is 31.9 Å². The van der Waals surface area contributed by atoms with Crippen LogP contribution in [0.25, 0.3) is 11.0 Å². The van der Waals surface area contributed by atoms with Gasteiger partial charge in [0.1, 0.15) is 11.6 Å². The first-order valence-corrected chi connectivity index (χ1v) is 17.9. The first kappa shape index (κ1) is 36.7. The highest BCUT2D eigenvalue weighted by molar-refractivity contribution is 9.11. The zero-order chi connectivity index (χ0) is 35.3. The van der Waals surface area contributed by atoms with Crippen molar-refractivity contribution in [3.05, 3.63) is 86.3 Å². The molecule has 2 aliphatic heterocycles. The summed E-state index contributed by atoms with van der Waals surface area (Å²) in [5.74, 6) is -1.46. The molecule has 0 aliphatic carbocycles. The lowest BCUT2D eigenvalue weighted by Crippen LogP contribution is -2.49. The van der Waals surface area contributed by atoms with Crippen molar-refractivity contribution in [2.45, 2.75) is 50.2 Å². The molecule has 1 fully saturated rings. The van der Waals surface area contributed by atoms with Gasteiger partial charge in [-0.2, -0.15) is 0 Å². The Balaban J connectivity index is 0.000000219. The van der Waals surface area contributed by atoms with Crippen LogP contribution in [0.15, 0.2) is 63.5 Å². The van der Waals surface area contributed by atoms with Gasteiger partial charge < -0.3 is 41.6 Å². The van der Waals surface area contributed by atoms with E-state index in [1.165, 1.54) is 23.8 Å². The topological polar surface area (TPSA) is 155 Å². The minimum absolute atomic E-state index is 0.0285. The van der Waals surface area contributed by atoms with Crippen LogP contribution < -0.4 is 22.1 Å². The van der Waals surface area contributed by atoms with Crippen molar-refractivity contribution in [3.8, 4) is 0 Å². The zero-order valence-corrected chi connectivity index (χ0v) is 30.9. The smallest absolute Gasteiger partial charge is 0.331 e. The second-order valence-corrected chi connectivity index (χ2v) is 14.5. The fourth-order valence-corrected chi connectivity index (χ4v) is 7.66. The van der Waals surface area contributed by atoms with Crippen LogP contribution in [-0.2, 0) is 29.7 Å². The van der Waals surface area contributed by atoms with E-state index in [9.17, 15) is 19.1 Å². The summed E-state index contributed by atoms with van der Waals surface area (Å²) in [6, 6.07) is 16.2. The molecule has 0 radical (unpaired) electrons. The summed E-state index contributed by atoms with van der Waals surface area (Å²) in [5.41, 5.74) is 15.0. The molecule has 262 valence electrons. The number of hydrogen-bond acceptors (Lipinski definition) is 7. The summed E-state index contributed by atoms with van der Waals surface area (Å²) in [5, 5.41) is 16.5. The molecule has 7 N–H and O–H groups in total. The van der Waals surface area contributed by atoms with Crippen LogP contribution in [0.2, 0.25) is 0 Å². The molecule has 0 saturated carbocycles. The Morgan fingerprint density at radius 2 is 1.82 bits per heavy atom. The Bertz CT molecular complexity index is 1790. The van der Waals surface area contributed by atoms with Gasteiger partial charge in [-0.15, -0.1) is 0 Å². The Hall–Kier alpha value is -3.56. The number of carbonyl (C=O) groups excluding carboxylic acids is 1. The second kappa shape index (κ2) is 16.0. The number of nitrogens with two attached hydrogens (primary N) is 2. The molecule has 0 unspecified atom stereocenters. The first-order valence-electron chi connectivity index (χ1n) is 16.3. The number of halogens is 3. The summed E-state index contributed by atoms with van der Waals surface area (Å²) >= 11 is 6.77. The number of piperidine rings is 1. The molecule has 2 aliphatic rings. The maximum atomic E-state index is 14.0. The second-order valence-electron chi connectivity index (χ2n) is 12.8. The van der Waals surface area contributed by atoms with Crippen molar-refractivity contribution in [3.63, 3.8) is 0 Å². The van der Waals surface area contributed by atoms with Crippen LogP contribution in [0, 0.1) is 5.82 Å². The van der Waals surface area contributed by atoms with Gasteiger partial charge in [0.25, 0.3) is 0 Å². The van der Waals surface area contributed by atoms with Gasteiger partial charge in [0.05, 0.1) is 16.7 Å². The monoisotopic (exact) mass is 800 g/mol. The highest BCUT2D eigenvalue weighted by atomic mass is 79.9. The lowest BCUT2D eigenvalue weighted by molar-refractivity contribution is -0.144. The molecule has 3 heterocycles. The summed E-state index contributed by atoms with van der Waals surface area (Å²) in [6.07, 6.45) is 3.75. The van der Waals surface area contributed by atoms with Crippen molar-refractivity contribution in [1.29, 1.82) is 0 Å². The van der Waals surface area contributed by atoms with Crippen molar-refractivity contribution < 1.29 is 19.1 Å². The van der Waals surface area contributed by atoms with Crippen molar-refractivity contribution in [1.82, 2.24) is 24.7 Å². The quantitative estimate of drug-likeness (QED) is 0.138. The molecule has 49 heavy (non-hydrogen) atoms. The number of nitrogens with zero attached hydrogens (tertiary/aromatic N) is 4. The summed E-state index contributed by atoms with van der Waals surface area (Å²) in [4.78, 5) is 33.3. The number of aryl methyl sites for hydroxylation is 1. The van der Waals surface area contributed by atoms with Crippen LogP contribution in [0.3, 0.4) is 0 Å². The number of hydrogen-bond donors (Lipinski definition) is 5. The lowest BCUT2D eigenvalue weighted by Gasteiger charge is -2.33. The van der Waals surface area contributed by atoms with Crippen LogP contribution in [-0.4, -0.2) is 82.8 Å². The average molecular weight is 803 g/mol. The number of anilines is 2. The average Bonchev–Trinajstić information content (AvgIpc) is 3.33. The van der Waals surface area contributed by atoms with Gasteiger partial charge in [-0.05, 0) is 139 Å². The fourth-order valence-electron chi connectivity index (χ4n) is 6.38. The number of carboxylic acid groups (broad SMARTS) is 1.